The number of ether oxygens (including phenoxy) is 1. The van der Waals surface area contributed by atoms with Crippen LogP contribution in [0, 0.1) is 0 Å². The Morgan fingerprint density at radius 3 is 1.80 bits per heavy atom. The van der Waals surface area contributed by atoms with Crippen LogP contribution in [0.15, 0.2) is 17.1 Å². The molecule has 6 atom stereocenters. The first-order chi connectivity index (χ1) is 22.3. The third-order valence-corrected chi connectivity index (χ3v) is 10.2. The van der Waals surface area contributed by atoms with Gasteiger partial charge in [0.25, 0.3) is 15.6 Å². The Morgan fingerprint density at radius 2 is 1.35 bits per heavy atom. The van der Waals surface area contributed by atoms with Crippen LogP contribution in [0.1, 0.15) is 135 Å². The van der Waals surface area contributed by atoms with Gasteiger partial charge in [0.05, 0.1) is 6.61 Å². The number of carbonyl (C=O) groups is 1. The summed E-state index contributed by atoms with van der Waals surface area (Å²) < 4.78 is 36.0. The summed E-state index contributed by atoms with van der Waals surface area (Å²) in [7, 11) is -11.2. The molecule has 0 spiro atoms. The number of unbranched alkanes of at least 4 members (excludes halogenated alkanes) is 17. The predicted molar refractivity (Wildman–Crippen MR) is 171 cm³/mol. The van der Waals surface area contributed by atoms with Gasteiger partial charge in [0.15, 0.2) is 6.23 Å². The number of anilines is 1. The summed E-state index contributed by atoms with van der Waals surface area (Å²) in [6.45, 7) is 1.26. The van der Waals surface area contributed by atoms with Crippen LogP contribution in [0.2, 0.25) is 0 Å². The number of amides is 1. The molecule has 0 aliphatic carbocycles. The zero-order valence-electron chi connectivity index (χ0n) is 29.4. The topological polar surface area (TPSA) is 233 Å². The van der Waals surface area contributed by atoms with Crippen molar-refractivity contribution in [3.05, 3.63) is 22.7 Å². The number of rotatable bonds is 26. The molecule has 49 heavy (non-hydrogen) atoms. The van der Waals surface area contributed by atoms with Crippen molar-refractivity contribution in [2.24, 2.45) is 0 Å². The van der Waals surface area contributed by atoms with Gasteiger partial charge in [-0.2, -0.15) is 4.98 Å². The van der Waals surface area contributed by atoms with E-state index in [1.807, 2.05) is 0 Å². The van der Waals surface area contributed by atoms with Gasteiger partial charge in [-0.05, 0) is 12.5 Å². The number of carbonyl (C=O) groups excluding carboxylic acids is 1. The van der Waals surface area contributed by atoms with E-state index in [4.69, 9.17) is 9.63 Å². The van der Waals surface area contributed by atoms with Crippen LogP contribution >= 0.6 is 15.6 Å². The molecule has 1 aromatic rings. The van der Waals surface area contributed by atoms with Crippen LogP contribution in [0.4, 0.5) is 5.82 Å². The van der Waals surface area contributed by atoms with Crippen molar-refractivity contribution in [1.29, 1.82) is 0 Å². The number of hydrogen-bond acceptors (Lipinski definition) is 12. The molecule has 1 aliphatic rings. The van der Waals surface area contributed by atoms with E-state index >= 15 is 0 Å². The molecule has 1 aromatic heterocycles. The summed E-state index contributed by atoms with van der Waals surface area (Å²) >= 11 is 0. The molecule has 1 saturated heterocycles. The molecule has 0 aromatic carbocycles. The van der Waals surface area contributed by atoms with E-state index < -0.39 is 52.5 Å². The third-order valence-electron chi connectivity index (χ3n) is 8.07. The van der Waals surface area contributed by atoms with Gasteiger partial charge in [-0.25, -0.2) is 9.11 Å². The van der Waals surface area contributed by atoms with Crippen molar-refractivity contribution >= 4 is 27.4 Å². The van der Waals surface area contributed by atoms with Crippen molar-refractivity contribution in [2.75, 3.05) is 11.9 Å². The van der Waals surface area contributed by atoms with E-state index in [0.29, 0.717) is 6.42 Å². The molecule has 0 radical (unpaired) electrons. The molecular weight excluding hydrogens is 702 g/mol. The molecule has 0 bridgehead atoms. The number of aliphatic hydroxyl groups is 2. The number of hydrogen-bond donors (Lipinski definition) is 4. The van der Waals surface area contributed by atoms with E-state index in [-0.39, 0.29) is 77.3 Å². The Morgan fingerprint density at radius 1 is 0.878 bits per heavy atom. The normalized spacial score (nSPS) is 21.3. The van der Waals surface area contributed by atoms with E-state index in [0.717, 1.165) is 23.8 Å². The molecule has 2 rings (SSSR count). The van der Waals surface area contributed by atoms with Crippen molar-refractivity contribution in [1.82, 2.24) is 9.55 Å². The van der Waals surface area contributed by atoms with Crippen LogP contribution in [0.3, 0.4) is 0 Å². The first-order valence-corrected chi connectivity index (χ1v) is 19.9. The SMILES string of the molecule is CCCCCCCCCCCCCCCCCCCCC(=O)Nc1ccn([C@@H]2O[C@H](COP(=O)([O-])OP(=O)([O-])O)[C@@H](O)[C@H]2O)c(=O)n1.[Na+].[Na+]. The minimum absolute atomic E-state index is 0. The Labute approximate surface area is 334 Å². The Kier molecular flexibility index (Phi) is 27.4. The van der Waals surface area contributed by atoms with Crippen LogP contribution in [0.5, 0.6) is 0 Å². The zero-order valence-corrected chi connectivity index (χ0v) is 35.2. The Hall–Kier alpha value is 0.490. The second-order valence-electron chi connectivity index (χ2n) is 12.2. The fourth-order valence-corrected chi connectivity index (χ4v) is 7.01. The molecule has 15 nitrogen and oxygen atoms in total. The number of aromatic nitrogens is 2. The summed E-state index contributed by atoms with van der Waals surface area (Å²) in [5.41, 5.74) is -0.931. The molecule has 272 valence electrons. The molecular formula is C30H53N3Na2O12P2. The second kappa shape index (κ2) is 27.1. The molecule has 2 unspecified atom stereocenters. The molecule has 4 N–H and O–H groups in total. The fraction of sp³-hybridized carbons (Fsp3) is 0.833. The van der Waals surface area contributed by atoms with Crippen molar-refractivity contribution in [3.8, 4) is 0 Å². The number of aliphatic hydroxyl groups excluding tert-OH is 2. The summed E-state index contributed by atoms with van der Waals surface area (Å²) in [6.07, 6.45) is 17.5. The number of phosphoric acid groups is 2. The maximum atomic E-state index is 12.6. The van der Waals surface area contributed by atoms with E-state index in [9.17, 15) is 38.7 Å². The van der Waals surface area contributed by atoms with Gasteiger partial charge in [-0.3, -0.25) is 18.5 Å². The minimum Gasteiger partial charge on any atom is -0.756 e. The summed E-state index contributed by atoms with van der Waals surface area (Å²) in [5, 5.41) is 23.1. The molecule has 1 fully saturated rings. The van der Waals surface area contributed by atoms with E-state index in [1.165, 1.54) is 102 Å². The predicted octanol–water partition coefficient (Wildman–Crippen LogP) is -1.80. The van der Waals surface area contributed by atoms with Gasteiger partial charge in [-0.15, -0.1) is 0 Å². The number of nitrogens with zero attached hydrogens (tertiary/aromatic N) is 2. The molecule has 1 amide bonds. The van der Waals surface area contributed by atoms with Gasteiger partial charge in [0.1, 0.15) is 24.1 Å². The maximum absolute atomic E-state index is 12.6. The number of nitrogens with one attached hydrogen (secondary N) is 1. The molecule has 0 saturated carbocycles. The van der Waals surface area contributed by atoms with Crippen molar-refractivity contribution < 1.29 is 112 Å². The largest absolute Gasteiger partial charge is 1.00 e. The first kappa shape index (κ1) is 49.5. The quantitative estimate of drug-likeness (QED) is 0.0465. The Bertz CT molecular complexity index is 1210. The number of phosphoric ester groups is 1. The van der Waals surface area contributed by atoms with Crippen molar-refractivity contribution in [3.63, 3.8) is 0 Å². The van der Waals surface area contributed by atoms with Crippen LogP contribution in [-0.4, -0.2) is 55.5 Å². The fourth-order valence-electron chi connectivity index (χ4n) is 5.48. The molecule has 2 heterocycles. The smallest absolute Gasteiger partial charge is 0.756 e. The van der Waals surface area contributed by atoms with E-state index in [1.54, 1.807) is 0 Å². The van der Waals surface area contributed by atoms with Gasteiger partial charge < -0.3 is 39.5 Å². The van der Waals surface area contributed by atoms with Gasteiger partial charge in [0, 0.05) is 12.6 Å². The molecule has 19 heteroatoms. The second-order valence-corrected chi connectivity index (χ2v) is 14.9. The maximum Gasteiger partial charge on any atom is 1.00 e. The zero-order chi connectivity index (χ0) is 34.7. The van der Waals surface area contributed by atoms with Crippen LogP contribution in [0.25, 0.3) is 0 Å². The summed E-state index contributed by atoms with van der Waals surface area (Å²) in [4.78, 5) is 59.3. The van der Waals surface area contributed by atoms with Crippen LogP contribution in [-0.2, 0) is 27.5 Å². The monoisotopic (exact) mass is 755 g/mol. The van der Waals surface area contributed by atoms with Gasteiger partial charge in [-0.1, -0.05) is 116 Å². The van der Waals surface area contributed by atoms with Crippen molar-refractivity contribution in [2.45, 2.75) is 153 Å². The van der Waals surface area contributed by atoms with Gasteiger partial charge in [0.2, 0.25) is 5.91 Å². The third kappa shape index (κ3) is 21.7. The minimum atomic E-state index is -5.67. The standard InChI is InChI=1S/C30H55N3O12P2.2Na/c1-2-3-4-5-6-7-8-9-10-11-12-13-14-15-16-17-18-19-20-26(34)31-25-21-22-33(30(37)32-25)29-28(36)27(35)24(44-29)23-43-47(41,42)45-46(38,39)40;;/h21-22,24,27-29,35-36H,2-20,23H2,1H3,(H,41,42)(H2,38,39,40)(H,31,32,34,37);;/q;2*+1/p-2/t24-,27-,28-,29-;;/m1../s1. The summed E-state index contributed by atoms with van der Waals surface area (Å²) in [6, 6.07) is 1.30. The summed E-state index contributed by atoms with van der Waals surface area (Å²) in [5.74, 6) is -0.312. The average Bonchev–Trinajstić information content (AvgIpc) is 3.27. The average molecular weight is 756 g/mol. The van der Waals surface area contributed by atoms with Crippen LogP contribution < -0.4 is 79.9 Å². The first-order valence-electron chi connectivity index (χ1n) is 16.9. The van der Waals surface area contributed by atoms with E-state index in [2.05, 4.69) is 26.1 Å². The molecule has 1 aliphatic heterocycles. The van der Waals surface area contributed by atoms with Gasteiger partial charge >= 0.3 is 64.8 Å². The Balaban J connectivity index is 0.0000115.